The van der Waals surface area contributed by atoms with E-state index in [9.17, 15) is 9.59 Å². The summed E-state index contributed by atoms with van der Waals surface area (Å²) in [5.74, 6) is -0.612. The molecule has 0 bridgehead atoms. The van der Waals surface area contributed by atoms with Gasteiger partial charge < -0.3 is 14.7 Å². The first kappa shape index (κ1) is 15.0. The molecule has 0 aromatic heterocycles. The van der Waals surface area contributed by atoms with Crippen molar-refractivity contribution >= 4 is 17.6 Å². The Bertz CT molecular complexity index is 457. The number of anilines is 1. The number of hydrogen-bond donors (Lipinski definition) is 1. The molecule has 19 heavy (non-hydrogen) atoms. The summed E-state index contributed by atoms with van der Waals surface area (Å²) in [6.45, 7) is 3.81. The van der Waals surface area contributed by atoms with Crippen molar-refractivity contribution in [3.63, 3.8) is 0 Å². The predicted molar refractivity (Wildman–Crippen MR) is 72.5 cm³/mol. The first-order chi connectivity index (χ1) is 8.91. The number of carbonyl (C=O) groups is 2. The standard InChI is InChI=1S/C14H19NO4/c1-10(2)19-12-7-5-4-6-11(12)15(3)13(16)8-9-14(17)18/h4-7,10H,8-9H2,1-3H3,(H,17,18). The highest BCUT2D eigenvalue weighted by molar-refractivity contribution is 5.95. The molecule has 0 spiro atoms. The van der Waals surface area contributed by atoms with E-state index in [1.807, 2.05) is 26.0 Å². The lowest BCUT2D eigenvalue weighted by Crippen LogP contribution is -2.27. The molecule has 5 heteroatoms. The zero-order chi connectivity index (χ0) is 14.4. The van der Waals surface area contributed by atoms with Gasteiger partial charge in [-0.15, -0.1) is 0 Å². The first-order valence-electron chi connectivity index (χ1n) is 6.16. The van der Waals surface area contributed by atoms with Crippen LogP contribution in [0.5, 0.6) is 5.75 Å². The van der Waals surface area contributed by atoms with Gasteiger partial charge in [-0.05, 0) is 26.0 Å². The maximum Gasteiger partial charge on any atom is 0.303 e. The van der Waals surface area contributed by atoms with Gasteiger partial charge in [-0.1, -0.05) is 12.1 Å². The molecule has 0 heterocycles. The molecule has 0 radical (unpaired) electrons. The Morgan fingerprint density at radius 2 is 1.89 bits per heavy atom. The Kier molecular flexibility index (Phi) is 5.36. The van der Waals surface area contributed by atoms with Crippen LogP contribution < -0.4 is 9.64 Å². The number of carbonyl (C=O) groups excluding carboxylic acids is 1. The summed E-state index contributed by atoms with van der Waals surface area (Å²) in [5.41, 5.74) is 0.645. The Hall–Kier alpha value is -2.04. The molecule has 1 rings (SSSR count). The average molecular weight is 265 g/mol. The molecular weight excluding hydrogens is 246 g/mol. The Morgan fingerprint density at radius 1 is 1.26 bits per heavy atom. The molecule has 1 aromatic carbocycles. The van der Waals surface area contributed by atoms with Gasteiger partial charge in [-0.2, -0.15) is 0 Å². The number of carboxylic acids is 1. The third-order valence-electron chi connectivity index (χ3n) is 2.52. The SMILES string of the molecule is CC(C)Oc1ccccc1N(C)C(=O)CCC(=O)O. The lowest BCUT2D eigenvalue weighted by atomic mass is 10.2. The monoisotopic (exact) mass is 265 g/mol. The van der Waals surface area contributed by atoms with Crippen LogP contribution in [0.2, 0.25) is 0 Å². The summed E-state index contributed by atoms with van der Waals surface area (Å²) in [7, 11) is 1.62. The van der Waals surface area contributed by atoms with Gasteiger partial charge in [0.2, 0.25) is 5.91 Å². The maximum absolute atomic E-state index is 11.9. The number of aliphatic carboxylic acids is 1. The third-order valence-corrected chi connectivity index (χ3v) is 2.52. The molecule has 1 N–H and O–H groups in total. The molecule has 0 aliphatic heterocycles. The van der Waals surface area contributed by atoms with Gasteiger partial charge in [0.05, 0.1) is 18.2 Å². The summed E-state index contributed by atoms with van der Waals surface area (Å²) >= 11 is 0. The summed E-state index contributed by atoms with van der Waals surface area (Å²) in [4.78, 5) is 23.8. The van der Waals surface area contributed by atoms with Crippen molar-refractivity contribution in [1.82, 2.24) is 0 Å². The largest absolute Gasteiger partial charge is 0.489 e. The van der Waals surface area contributed by atoms with Crippen molar-refractivity contribution in [3.05, 3.63) is 24.3 Å². The van der Waals surface area contributed by atoms with Crippen molar-refractivity contribution in [2.24, 2.45) is 0 Å². The van der Waals surface area contributed by atoms with Crippen LogP contribution in [-0.4, -0.2) is 30.1 Å². The van der Waals surface area contributed by atoms with Crippen LogP contribution in [0.4, 0.5) is 5.69 Å². The van der Waals surface area contributed by atoms with Crippen LogP contribution in [0.1, 0.15) is 26.7 Å². The highest BCUT2D eigenvalue weighted by Crippen LogP contribution is 2.28. The minimum absolute atomic E-state index is 0.00340. The number of para-hydroxylation sites is 2. The molecule has 104 valence electrons. The molecule has 5 nitrogen and oxygen atoms in total. The minimum atomic E-state index is -0.978. The number of ether oxygens (including phenoxy) is 1. The molecule has 0 fully saturated rings. The number of amides is 1. The van der Waals surface area contributed by atoms with Crippen molar-refractivity contribution in [2.75, 3.05) is 11.9 Å². The van der Waals surface area contributed by atoms with E-state index in [4.69, 9.17) is 9.84 Å². The maximum atomic E-state index is 11.9. The summed E-state index contributed by atoms with van der Waals surface area (Å²) in [5, 5.41) is 8.59. The van der Waals surface area contributed by atoms with E-state index in [1.165, 1.54) is 4.90 Å². The van der Waals surface area contributed by atoms with E-state index in [-0.39, 0.29) is 24.9 Å². The quantitative estimate of drug-likeness (QED) is 0.857. The van der Waals surface area contributed by atoms with Gasteiger partial charge in [0.25, 0.3) is 0 Å². The second kappa shape index (κ2) is 6.78. The Balaban J connectivity index is 2.83. The minimum Gasteiger partial charge on any atom is -0.489 e. The Morgan fingerprint density at radius 3 is 2.47 bits per heavy atom. The Labute approximate surface area is 112 Å². The van der Waals surface area contributed by atoms with Crippen LogP contribution in [0.15, 0.2) is 24.3 Å². The lowest BCUT2D eigenvalue weighted by molar-refractivity contribution is -0.138. The van der Waals surface area contributed by atoms with Gasteiger partial charge in [0.1, 0.15) is 5.75 Å². The van der Waals surface area contributed by atoms with E-state index in [0.717, 1.165) is 0 Å². The highest BCUT2D eigenvalue weighted by atomic mass is 16.5. The van der Waals surface area contributed by atoms with Crippen LogP contribution in [0, 0.1) is 0 Å². The average Bonchev–Trinajstić information content (AvgIpc) is 2.35. The van der Waals surface area contributed by atoms with E-state index in [0.29, 0.717) is 11.4 Å². The van der Waals surface area contributed by atoms with Crippen LogP contribution in [0.25, 0.3) is 0 Å². The first-order valence-corrected chi connectivity index (χ1v) is 6.16. The van der Waals surface area contributed by atoms with E-state index >= 15 is 0 Å². The molecule has 1 amide bonds. The zero-order valence-corrected chi connectivity index (χ0v) is 11.4. The smallest absolute Gasteiger partial charge is 0.303 e. The molecule has 0 unspecified atom stereocenters. The van der Waals surface area contributed by atoms with Crippen LogP contribution in [0.3, 0.4) is 0 Å². The normalized spacial score (nSPS) is 10.3. The number of benzene rings is 1. The fourth-order valence-corrected chi connectivity index (χ4v) is 1.60. The molecule has 0 saturated carbocycles. The van der Waals surface area contributed by atoms with Crippen LogP contribution >= 0.6 is 0 Å². The molecule has 0 aliphatic carbocycles. The van der Waals surface area contributed by atoms with Gasteiger partial charge in [-0.25, -0.2) is 0 Å². The predicted octanol–water partition coefficient (Wildman–Crippen LogP) is 2.30. The van der Waals surface area contributed by atoms with Gasteiger partial charge >= 0.3 is 5.97 Å². The van der Waals surface area contributed by atoms with Crippen molar-refractivity contribution in [1.29, 1.82) is 0 Å². The van der Waals surface area contributed by atoms with Gasteiger partial charge in [0, 0.05) is 13.5 Å². The summed E-state index contributed by atoms with van der Waals surface area (Å²) in [6.07, 6.45) is -0.193. The fourth-order valence-electron chi connectivity index (χ4n) is 1.60. The zero-order valence-electron chi connectivity index (χ0n) is 11.4. The molecule has 0 atom stereocenters. The second-order valence-corrected chi connectivity index (χ2v) is 4.48. The van der Waals surface area contributed by atoms with E-state index < -0.39 is 5.97 Å². The molecule has 0 aliphatic rings. The molecular formula is C14H19NO4. The topological polar surface area (TPSA) is 66.8 Å². The second-order valence-electron chi connectivity index (χ2n) is 4.48. The van der Waals surface area contributed by atoms with E-state index in [2.05, 4.69) is 0 Å². The fraction of sp³-hybridized carbons (Fsp3) is 0.429. The number of rotatable bonds is 6. The summed E-state index contributed by atoms with van der Waals surface area (Å²) < 4.78 is 5.63. The highest BCUT2D eigenvalue weighted by Gasteiger charge is 2.16. The summed E-state index contributed by atoms with van der Waals surface area (Å²) in [6, 6.07) is 7.20. The molecule has 0 saturated heterocycles. The van der Waals surface area contributed by atoms with Crippen molar-refractivity contribution in [3.8, 4) is 5.75 Å². The number of nitrogens with zero attached hydrogens (tertiary/aromatic N) is 1. The third kappa shape index (κ3) is 4.62. The van der Waals surface area contributed by atoms with Gasteiger partial charge in [0.15, 0.2) is 0 Å². The van der Waals surface area contributed by atoms with Crippen molar-refractivity contribution < 1.29 is 19.4 Å². The van der Waals surface area contributed by atoms with Crippen molar-refractivity contribution in [2.45, 2.75) is 32.8 Å². The lowest BCUT2D eigenvalue weighted by Gasteiger charge is -2.21. The van der Waals surface area contributed by atoms with E-state index in [1.54, 1.807) is 19.2 Å². The van der Waals surface area contributed by atoms with Crippen LogP contribution in [-0.2, 0) is 9.59 Å². The van der Waals surface area contributed by atoms with Gasteiger partial charge in [-0.3, -0.25) is 9.59 Å². The number of hydrogen-bond acceptors (Lipinski definition) is 3. The molecule has 1 aromatic rings. The number of carboxylic acid groups (broad SMARTS) is 1.